The highest BCUT2D eigenvalue weighted by Gasteiger charge is 2.32. The van der Waals surface area contributed by atoms with Gasteiger partial charge in [0.15, 0.2) is 5.58 Å². The summed E-state index contributed by atoms with van der Waals surface area (Å²) in [6.07, 6.45) is 6.06. The molecule has 0 atom stereocenters. The van der Waals surface area contributed by atoms with Gasteiger partial charge in [0.05, 0.1) is 5.52 Å². The van der Waals surface area contributed by atoms with E-state index >= 15 is 0 Å². The van der Waals surface area contributed by atoms with Crippen LogP contribution in [0.2, 0.25) is 0 Å². The van der Waals surface area contributed by atoms with Gasteiger partial charge >= 0.3 is 5.76 Å². The highest BCUT2D eigenvalue weighted by Crippen LogP contribution is 2.39. The van der Waals surface area contributed by atoms with E-state index in [0.717, 1.165) is 18.4 Å². The topological polar surface area (TPSA) is 61.2 Å². The van der Waals surface area contributed by atoms with E-state index in [2.05, 4.69) is 12.1 Å². The van der Waals surface area contributed by atoms with Gasteiger partial charge in [-0.2, -0.15) is 0 Å². The molecule has 1 saturated carbocycles. The maximum atomic E-state index is 11.8. The number of aromatic nitrogens is 1. The molecule has 0 spiro atoms. The van der Waals surface area contributed by atoms with Crippen LogP contribution >= 0.6 is 0 Å². The van der Waals surface area contributed by atoms with Crippen molar-refractivity contribution in [3.8, 4) is 0 Å². The van der Waals surface area contributed by atoms with Crippen LogP contribution in [-0.2, 0) is 12.0 Å². The Labute approximate surface area is 118 Å². The lowest BCUT2D eigenvalue weighted by atomic mass is 9.69. The van der Waals surface area contributed by atoms with Gasteiger partial charge in [-0.15, -0.1) is 0 Å². The van der Waals surface area contributed by atoms with E-state index in [1.54, 1.807) is 4.57 Å². The van der Waals surface area contributed by atoms with Crippen molar-refractivity contribution in [2.24, 2.45) is 5.73 Å². The van der Waals surface area contributed by atoms with Crippen molar-refractivity contribution < 1.29 is 4.42 Å². The maximum absolute atomic E-state index is 11.8. The molecule has 1 aromatic heterocycles. The molecule has 0 unspecified atom stereocenters. The Morgan fingerprint density at radius 3 is 2.70 bits per heavy atom. The lowest BCUT2D eigenvalue weighted by molar-refractivity contribution is 0.301. The summed E-state index contributed by atoms with van der Waals surface area (Å²) in [5.41, 5.74) is 9.01. The number of rotatable bonds is 3. The summed E-state index contributed by atoms with van der Waals surface area (Å²) >= 11 is 0. The van der Waals surface area contributed by atoms with Gasteiger partial charge in [0, 0.05) is 18.5 Å². The molecule has 0 amide bonds. The van der Waals surface area contributed by atoms with E-state index in [1.165, 1.54) is 24.8 Å². The molecule has 4 nitrogen and oxygen atoms in total. The van der Waals surface area contributed by atoms with Gasteiger partial charge in [-0.3, -0.25) is 4.57 Å². The van der Waals surface area contributed by atoms with Crippen molar-refractivity contribution in [2.45, 2.75) is 51.0 Å². The fourth-order valence-corrected chi connectivity index (χ4v) is 3.53. The van der Waals surface area contributed by atoms with E-state index in [1.807, 2.05) is 13.0 Å². The van der Waals surface area contributed by atoms with Crippen molar-refractivity contribution in [3.63, 3.8) is 0 Å². The molecule has 108 valence electrons. The summed E-state index contributed by atoms with van der Waals surface area (Å²) in [5.74, 6) is -0.273. The number of benzene rings is 1. The molecule has 3 rings (SSSR count). The Bertz CT molecular complexity index is 663. The first-order valence-electron chi connectivity index (χ1n) is 7.54. The normalized spacial score (nSPS) is 18.5. The van der Waals surface area contributed by atoms with E-state index in [-0.39, 0.29) is 11.2 Å². The molecule has 1 aliphatic rings. The van der Waals surface area contributed by atoms with Gasteiger partial charge in [0.2, 0.25) is 0 Å². The average molecular weight is 274 g/mol. The molecule has 1 fully saturated rings. The molecule has 1 aromatic carbocycles. The van der Waals surface area contributed by atoms with Crippen molar-refractivity contribution in [1.82, 2.24) is 4.57 Å². The number of hydrogen-bond acceptors (Lipinski definition) is 3. The molecule has 0 saturated heterocycles. The molecule has 0 radical (unpaired) electrons. The summed E-state index contributed by atoms with van der Waals surface area (Å²) in [4.78, 5) is 11.8. The molecule has 0 bridgehead atoms. The van der Waals surface area contributed by atoms with Gasteiger partial charge < -0.3 is 10.2 Å². The number of nitrogens with zero attached hydrogens (tertiary/aromatic N) is 1. The van der Waals surface area contributed by atoms with E-state index in [0.29, 0.717) is 18.7 Å². The molecule has 1 heterocycles. The Kier molecular flexibility index (Phi) is 3.42. The van der Waals surface area contributed by atoms with Crippen molar-refractivity contribution in [2.75, 3.05) is 6.54 Å². The summed E-state index contributed by atoms with van der Waals surface area (Å²) < 4.78 is 6.96. The summed E-state index contributed by atoms with van der Waals surface area (Å²) in [6, 6.07) is 6.12. The monoisotopic (exact) mass is 274 g/mol. The minimum Gasteiger partial charge on any atom is -0.408 e. The first-order valence-corrected chi connectivity index (χ1v) is 7.54. The quantitative estimate of drug-likeness (QED) is 0.936. The Balaban J connectivity index is 2.13. The standard InChI is InChI=1S/C16H22N2O2/c1-2-18-13-10-12(6-7-14(13)20-15(18)19)16(11-17)8-4-3-5-9-16/h6-7,10H,2-5,8-9,11,17H2,1H3. The second-order valence-electron chi connectivity index (χ2n) is 5.84. The lowest BCUT2D eigenvalue weighted by Gasteiger charge is -2.36. The SMILES string of the molecule is CCn1c(=O)oc2ccc(C3(CN)CCCCC3)cc21. The molecule has 1 aliphatic carbocycles. The Morgan fingerprint density at radius 1 is 1.30 bits per heavy atom. The van der Waals surface area contributed by atoms with Crippen molar-refractivity contribution >= 4 is 11.1 Å². The van der Waals surface area contributed by atoms with Gasteiger partial charge in [-0.05, 0) is 37.5 Å². The maximum Gasteiger partial charge on any atom is 0.419 e. The van der Waals surface area contributed by atoms with Crippen LogP contribution in [0.5, 0.6) is 0 Å². The van der Waals surface area contributed by atoms with Crippen molar-refractivity contribution in [1.29, 1.82) is 0 Å². The first kappa shape index (κ1) is 13.4. The zero-order valence-electron chi connectivity index (χ0n) is 12.0. The summed E-state index contributed by atoms with van der Waals surface area (Å²) in [6.45, 7) is 3.26. The molecule has 0 aliphatic heterocycles. The molecular weight excluding hydrogens is 252 g/mol. The minimum atomic E-state index is -0.273. The van der Waals surface area contributed by atoms with Crippen LogP contribution < -0.4 is 11.5 Å². The molecular formula is C16H22N2O2. The van der Waals surface area contributed by atoms with Crippen LogP contribution in [0.15, 0.2) is 27.4 Å². The Hall–Kier alpha value is -1.55. The first-order chi connectivity index (χ1) is 9.70. The smallest absolute Gasteiger partial charge is 0.408 e. The Morgan fingerprint density at radius 2 is 2.05 bits per heavy atom. The fourth-order valence-electron chi connectivity index (χ4n) is 3.53. The van der Waals surface area contributed by atoms with Crippen LogP contribution in [0.1, 0.15) is 44.6 Å². The third kappa shape index (κ3) is 1.99. The second kappa shape index (κ2) is 5.09. The predicted octanol–water partition coefficient (Wildman–Crippen LogP) is 2.78. The van der Waals surface area contributed by atoms with E-state index < -0.39 is 0 Å². The highest BCUT2D eigenvalue weighted by molar-refractivity contribution is 5.74. The van der Waals surface area contributed by atoms with E-state index in [4.69, 9.17) is 10.2 Å². The fraction of sp³-hybridized carbons (Fsp3) is 0.562. The zero-order chi connectivity index (χ0) is 14.2. The number of aryl methyl sites for hydroxylation is 1. The molecule has 20 heavy (non-hydrogen) atoms. The number of nitrogens with two attached hydrogens (primary N) is 1. The van der Waals surface area contributed by atoms with Gasteiger partial charge in [-0.25, -0.2) is 4.79 Å². The third-order valence-electron chi connectivity index (χ3n) is 4.80. The van der Waals surface area contributed by atoms with Gasteiger partial charge in [0.25, 0.3) is 0 Å². The summed E-state index contributed by atoms with van der Waals surface area (Å²) in [7, 11) is 0. The largest absolute Gasteiger partial charge is 0.419 e. The van der Waals surface area contributed by atoms with E-state index in [9.17, 15) is 4.79 Å². The predicted molar refractivity (Wildman–Crippen MR) is 80.0 cm³/mol. The zero-order valence-corrected chi connectivity index (χ0v) is 12.0. The minimum absolute atomic E-state index is 0.0817. The number of fused-ring (bicyclic) bond motifs is 1. The van der Waals surface area contributed by atoms with Crippen LogP contribution in [0.25, 0.3) is 11.1 Å². The average Bonchev–Trinajstić information content (AvgIpc) is 2.82. The van der Waals surface area contributed by atoms with Gasteiger partial charge in [0.1, 0.15) is 0 Å². The second-order valence-corrected chi connectivity index (χ2v) is 5.84. The number of hydrogen-bond donors (Lipinski definition) is 1. The van der Waals surface area contributed by atoms with Crippen molar-refractivity contribution in [3.05, 3.63) is 34.3 Å². The van der Waals surface area contributed by atoms with Crippen LogP contribution in [0, 0.1) is 0 Å². The van der Waals surface area contributed by atoms with Crippen LogP contribution in [0.3, 0.4) is 0 Å². The molecule has 4 heteroatoms. The molecule has 2 N–H and O–H groups in total. The summed E-state index contributed by atoms with van der Waals surface area (Å²) in [5, 5.41) is 0. The van der Waals surface area contributed by atoms with Crippen LogP contribution in [0.4, 0.5) is 0 Å². The van der Waals surface area contributed by atoms with Gasteiger partial charge in [-0.1, -0.05) is 25.3 Å². The number of oxazole rings is 1. The lowest BCUT2D eigenvalue weighted by Crippen LogP contribution is -2.37. The molecule has 2 aromatic rings. The van der Waals surface area contributed by atoms with Crippen LogP contribution in [-0.4, -0.2) is 11.1 Å². The third-order valence-corrected chi connectivity index (χ3v) is 4.80. The highest BCUT2D eigenvalue weighted by atomic mass is 16.4.